The van der Waals surface area contributed by atoms with Crippen molar-refractivity contribution in [3.63, 3.8) is 0 Å². The Morgan fingerprint density at radius 2 is 2.26 bits per heavy atom. The summed E-state index contributed by atoms with van der Waals surface area (Å²) in [5.74, 6) is 2.21. The van der Waals surface area contributed by atoms with Crippen LogP contribution in [0, 0.1) is 6.92 Å². The Morgan fingerprint density at radius 3 is 2.89 bits per heavy atom. The molecule has 1 aliphatic heterocycles. The fourth-order valence-corrected chi connectivity index (χ4v) is 2.00. The van der Waals surface area contributed by atoms with Gasteiger partial charge in [0.15, 0.2) is 0 Å². The molecule has 1 aromatic heterocycles. The first kappa shape index (κ1) is 13.4. The van der Waals surface area contributed by atoms with Crippen LogP contribution in [0.1, 0.15) is 19.0 Å². The largest absolute Gasteiger partial charge is 0.494 e. The van der Waals surface area contributed by atoms with E-state index < -0.39 is 0 Å². The van der Waals surface area contributed by atoms with Crippen LogP contribution in [0.4, 0.5) is 11.8 Å². The average molecular weight is 260 g/mol. The highest BCUT2D eigenvalue weighted by Gasteiger charge is 2.14. The fourth-order valence-electron chi connectivity index (χ4n) is 2.00. The highest BCUT2D eigenvalue weighted by atomic mass is 16.5. The van der Waals surface area contributed by atoms with Crippen LogP contribution < -0.4 is 10.6 Å². The van der Waals surface area contributed by atoms with Crippen LogP contribution in [0.15, 0.2) is 30.1 Å². The van der Waals surface area contributed by atoms with E-state index in [1.165, 1.54) is 0 Å². The van der Waals surface area contributed by atoms with Crippen molar-refractivity contribution >= 4 is 11.8 Å². The maximum atomic E-state index is 5.34. The molecule has 1 aromatic rings. The minimum absolute atomic E-state index is 0.125. The van der Waals surface area contributed by atoms with Gasteiger partial charge in [-0.15, -0.1) is 0 Å². The van der Waals surface area contributed by atoms with Gasteiger partial charge in [0.25, 0.3) is 0 Å². The number of nitrogens with one attached hydrogen (secondary N) is 2. The molecular formula is C14H20N4O. The Balaban J connectivity index is 2.08. The van der Waals surface area contributed by atoms with Gasteiger partial charge in [-0.1, -0.05) is 12.7 Å². The summed E-state index contributed by atoms with van der Waals surface area (Å²) in [6.45, 7) is 8.61. The lowest BCUT2D eigenvalue weighted by atomic mass is 10.1. The monoisotopic (exact) mass is 260 g/mol. The molecule has 0 aliphatic carbocycles. The number of hydrogen-bond acceptors (Lipinski definition) is 5. The van der Waals surface area contributed by atoms with E-state index >= 15 is 0 Å². The molecule has 1 fully saturated rings. The number of aromatic nitrogens is 2. The summed E-state index contributed by atoms with van der Waals surface area (Å²) in [5.41, 5.74) is 2.08. The second-order valence-electron chi connectivity index (χ2n) is 4.61. The molecule has 2 heterocycles. The fraction of sp³-hybridized carbons (Fsp3) is 0.429. The Hall–Kier alpha value is -2.04. The van der Waals surface area contributed by atoms with Crippen molar-refractivity contribution < 1.29 is 4.74 Å². The van der Waals surface area contributed by atoms with Gasteiger partial charge in [0.05, 0.1) is 6.61 Å². The number of ether oxygens (including phenoxy) is 1. The van der Waals surface area contributed by atoms with Gasteiger partial charge in [-0.05, 0) is 19.4 Å². The third kappa shape index (κ3) is 3.47. The predicted molar refractivity (Wildman–Crippen MR) is 77.2 cm³/mol. The molecule has 0 bridgehead atoms. The molecule has 1 atom stereocenters. The summed E-state index contributed by atoms with van der Waals surface area (Å²) in [7, 11) is 1.84. The summed E-state index contributed by atoms with van der Waals surface area (Å²) >= 11 is 0. The summed E-state index contributed by atoms with van der Waals surface area (Å²) in [5, 5.41) is 6.29. The van der Waals surface area contributed by atoms with Crippen molar-refractivity contribution in [2.24, 2.45) is 0 Å². The first-order valence-electron chi connectivity index (χ1n) is 6.41. The minimum atomic E-state index is 0.125. The standard InChI is InChI=1S/C14H20N4O/c1-9(7-12-5-6-19-11(12)3)16-14-17-10(2)8-13(15-4)18-14/h7-9H,3,5-6H2,1-2,4H3,(H2,15,16,17,18)/b12-7-. The van der Waals surface area contributed by atoms with Gasteiger partial charge < -0.3 is 15.4 Å². The summed E-state index contributed by atoms with van der Waals surface area (Å²) in [4.78, 5) is 8.74. The normalized spacial score (nSPS) is 18.3. The maximum absolute atomic E-state index is 5.34. The van der Waals surface area contributed by atoms with Gasteiger partial charge in [0.1, 0.15) is 11.6 Å². The number of rotatable bonds is 4. The Bertz CT molecular complexity index is 510. The number of anilines is 2. The first-order valence-corrected chi connectivity index (χ1v) is 6.41. The zero-order valence-corrected chi connectivity index (χ0v) is 11.7. The topological polar surface area (TPSA) is 59.1 Å². The Kier molecular flexibility index (Phi) is 4.04. The van der Waals surface area contributed by atoms with E-state index in [2.05, 4.69) is 40.2 Å². The first-order chi connectivity index (χ1) is 9.08. The van der Waals surface area contributed by atoms with Crippen LogP contribution in [0.2, 0.25) is 0 Å². The third-order valence-electron chi connectivity index (χ3n) is 2.92. The number of nitrogens with zero attached hydrogens (tertiary/aromatic N) is 2. The molecule has 2 N–H and O–H groups in total. The number of hydrogen-bond donors (Lipinski definition) is 2. The van der Waals surface area contributed by atoms with Gasteiger partial charge in [-0.3, -0.25) is 0 Å². The summed E-state index contributed by atoms with van der Waals surface area (Å²) < 4.78 is 5.34. The van der Waals surface area contributed by atoms with Gasteiger partial charge in [-0.25, -0.2) is 4.98 Å². The van der Waals surface area contributed by atoms with Gasteiger partial charge in [-0.2, -0.15) is 4.98 Å². The Labute approximate surface area is 113 Å². The average Bonchev–Trinajstić information content (AvgIpc) is 2.74. The van der Waals surface area contributed by atoms with Crippen LogP contribution in [0.25, 0.3) is 0 Å². The molecule has 5 heteroatoms. The molecule has 0 aromatic carbocycles. The number of allylic oxidation sites excluding steroid dienone is 1. The molecule has 1 saturated heterocycles. The van der Waals surface area contributed by atoms with Crippen molar-refractivity contribution in [1.82, 2.24) is 9.97 Å². The molecule has 19 heavy (non-hydrogen) atoms. The highest BCUT2D eigenvalue weighted by molar-refractivity contribution is 5.43. The van der Waals surface area contributed by atoms with Gasteiger partial charge in [0, 0.05) is 31.3 Å². The molecule has 1 aliphatic rings. The van der Waals surface area contributed by atoms with E-state index in [1.54, 1.807) is 0 Å². The van der Waals surface area contributed by atoms with E-state index in [0.29, 0.717) is 5.95 Å². The quantitative estimate of drug-likeness (QED) is 0.871. The molecular weight excluding hydrogens is 240 g/mol. The van der Waals surface area contributed by atoms with Crippen molar-refractivity contribution in [3.8, 4) is 0 Å². The molecule has 5 nitrogen and oxygen atoms in total. The van der Waals surface area contributed by atoms with Crippen molar-refractivity contribution in [1.29, 1.82) is 0 Å². The van der Waals surface area contributed by atoms with Gasteiger partial charge in [0.2, 0.25) is 5.95 Å². The van der Waals surface area contributed by atoms with Crippen LogP contribution in [0.5, 0.6) is 0 Å². The molecule has 0 spiro atoms. The minimum Gasteiger partial charge on any atom is -0.494 e. The van der Waals surface area contributed by atoms with Crippen LogP contribution in [0.3, 0.4) is 0 Å². The second kappa shape index (κ2) is 5.73. The number of aryl methyl sites for hydroxylation is 1. The lowest BCUT2D eigenvalue weighted by Gasteiger charge is -2.12. The van der Waals surface area contributed by atoms with Crippen molar-refractivity contribution in [2.75, 3.05) is 24.3 Å². The molecule has 0 radical (unpaired) electrons. The zero-order valence-electron chi connectivity index (χ0n) is 11.7. The second-order valence-corrected chi connectivity index (χ2v) is 4.61. The molecule has 0 saturated carbocycles. The lowest BCUT2D eigenvalue weighted by Crippen LogP contribution is -2.16. The smallest absolute Gasteiger partial charge is 0.225 e. The molecule has 102 valence electrons. The third-order valence-corrected chi connectivity index (χ3v) is 2.92. The van der Waals surface area contributed by atoms with Gasteiger partial charge >= 0.3 is 0 Å². The molecule has 1 unspecified atom stereocenters. The van der Waals surface area contributed by atoms with E-state index in [1.807, 2.05) is 20.0 Å². The summed E-state index contributed by atoms with van der Waals surface area (Å²) in [6.07, 6.45) is 3.03. The van der Waals surface area contributed by atoms with E-state index in [0.717, 1.165) is 35.9 Å². The van der Waals surface area contributed by atoms with Crippen LogP contribution in [-0.2, 0) is 4.74 Å². The molecule has 0 amide bonds. The van der Waals surface area contributed by atoms with Crippen molar-refractivity contribution in [3.05, 3.63) is 35.7 Å². The zero-order chi connectivity index (χ0) is 13.8. The van der Waals surface area contributed by atoms with E-state index in [-0.39, 0.29) is 6.04 Å². The van der Waals surface area contributed by atoms with Crippen LogP contribution >= 0.6 is 0 Å². The summed E-state index contributed by atoms with van der Waals surface area (Å²) in [6, 6.07) is 2.03. The van der Waals surface area contributed by atoms with Crippen molar-refractivity contribution in [2.45, 2.75) is 26.3 Å². The molecule has 2 rings (SSSR count). The Morgan fingerprint density at radius 1 is 1.47 bits per heavy atom. The maximum Gasteiger partial charge on any atom is 0.225 e. The lowest BCUT2D eigenvalue weighted by molar-refractivity contribution is 0.267. The predicted octanol–water partition coefficient (Wildman–Crippen LogP) is 2.49. The highest BCUT2D eigenvalue weighted by Crippen LogP contribution is 2.22. The van der Waals surface area contributed by atoms with E-state index in [4.69, 9.17) is 4.74 Å². The van der Waals surface area contributed by atoms with E-state index in [9.17, 15) is 0 Å². The SMILES string of the molecule is C=C1OCC/C1=C/C(C)Nc1nc(C)cc(NC)n1. The van der Waals surface area contributed by atoms with Crippen LogP contribution in [-0.4, -0.2) is 29.7 Å².